The average Bonchev–Trinajstić information content (AvgIpc) is 2.69. The fourth-order valence-corrected chi connectivity index (χ4v) is 3.07. The molecule has 150 valence electrons. The van der Waals surface area contributed by atoms with E-state index in [1.807, 2.05) is 13.0 Å². The van der Waals surface area contributed by atoms with Crippen LogP contribution < -0.4 is 24.4 Å². The van der Waals surface area contributed by atoms with Gasteiger partial charge in [0.1, 0.15) is 0 Å². The predicted octanol–water partition coefficient (Wildman–Crippen LogP) is 3.57. The molecule has 1 N–H and O–H groups in total. The van der Waals surface area contributed by atoms with Gasteiger partial charge in [-0.05, 0) is 58.2 Å². The van der Waals surface area contributed by atoms with E-state index in [2.05, 4.69) is 26.5 Å². The number of hydrazone groups is 1. The summed E-state index contributed by atoms with van der Waals surface area (Å²) < 4.78 is 22.1. The van der Waals surface area contributed by atoms with Crippen molar-refractivity contribution in [3.8, 4) is 23.0 Å². The summed E-state index contributed by atoms with van der Waals surface area (Å²) in [6.07, 6.45) is 1.70. The van der Waals surface area contributed by atoms with Crippen molar-refractivity contribution in [1.82, 2.24) is 5.43 Å². The maximum Gasteiger partial charge on any atom is 0.244 e. The second kappa shape index (κ2) is 10.6. The van der Waals surface area contributed by atoms with Gasteiger partial charge in [0.05, 0.1) is 45.0 Å². The van der Waals surface area contributed by atoms with E-state index in [0.717, 1.165) is 15.6 Å². The van der Waals surface area contributed by atoms with E-state index in [1.54, 1.807) is 45.6 Å². The molecule has 7 nitrogen and oxygen atoms in total. The molecule has 28 heavy (non-hydrogen) atoms. The van der Waals surface area contributed by atoms with Gasteiger partial charge in [0.15, 0.2) is 23.0 Å². The summed E-state index contributed by atoms with van der Waals surface area (Å²) in [7, 11) is 4.68. The number of nitrogens with zero attached hydrogens (tertiary/aromatic N) is 1. The van der Waals surface area contributed by atoms with Crippen molar-refractivity contribution in [2.75, 3.05) is 27.9 Å². The molecule has 0 aliphatic rings. The first-order chi connectivity index (χ1) is 13.5. The normalized spacial score (nSPS) is 10.6. The Morgan fingerprint density at radius 2 is 1.79 bits per heavy atom. The summed E-state index contributed by atoms with van der Waals surface area (Å²) >= 11 is 3.45. The number of amides is 1. The van der Waals surface area contributed by atoms with Crippen molar-refractivity contribution in [2.45, 2.75) is 13.3 Å². The summed E-state index contributed by atoms with van der Waals surface area (Å²) in [6, 6.07) is 8.93. The lowest BCUT2D eigenvalue weighted by Crippen LogP contribution is -2.19. The zero-order chi connectivity index (χ0) is 20.5. The molecule has 2 aromatic carbocycles. The Hall–Kier alpha value is -2.74. The smallest absolute Gasteiger partial charge is 0.244 e. The van der Waals surface area contributed by atoms with Crippen molar-refractivity contribution in [3.63, 3.8) is 0 Å². The van der Waals surface area contributed by atoms with Crippen molar-refractivity contribution >= 4 is 28.1 Å². The van der Waals surface area contributed by atoms with Gasteiger partial charge in [-0.25, -0.2) is 5.43 Å². The molecule has 0 aliphatic carbocycles. The minimum atomic E-state index is -0.250. The molecule has 1 amide bonds. The number of hydrogen-bond acceptors (Lipinski definition) is 6. The first-order valence-electron chi connectivity index (χ1n) is 8.55. The van der Waals surface area contributed by atoms with Gasteiger partial charge in [-0.1, -0.05) is 6.07 Å². The van der Waals surface area contributed by atoms with Crippen molar-refractivity contribution in [1.29, 1.82) is 0 Å². The molecule has 0 aliphatic heterocycles. The van der Waals surface area contributed by atoms with Crippen molar-refractivity contribution < 1.29 is 23.7 Å². The minimum absolute atomic E-state index is 0.161. The Balaban J connectivity index is 2.02. The van der Waals surface area contributed by atoms with Gasteiger partial charge >= 0.3 is 0 Å². The molecule has 0 saturated heterocycles. The largest absolute Gasteiger partial charge is 0.493 e. The van der Waals surface area contributed by atoms with Crippen LogP contribution in [0.2, 0.25) is 0 Å². The highest BCUT2D eigenvalue weighted by atomic mass is 79.9. The Kier molecular flexibility index (Phi) is 8.13. The number of rotatable bonds is 9. The van der Waals surface area contributed by atoms with E-state index >= 15 is 0 Å². The Morgan fingerprint density at radius 1 is 1.07 bits per heavy atom. The molecule has 0 unspecified atom stereocenters. The third-order valence-corrected chi connectivity index (χ3v) is 4.34. The molecule has 8 heteroatoms. The van der Waals surface area contributed by atoms with Gasteiger partial charge in [-0.2, -0.15) is 5.10 Å². The standard InChI is InChI=1S/C20H23BrN2O5/c1-5-28-20-15(21)8-14(10-18(20)27-4)12-22-23-19(24)11-13-6-7-16(25-2)17(9-13)26-3/h6-10,12H,5,11H2,1-4H3,(H,23,24)/b22-12+. The second-order valence-electron chi connectivity index (χ2n) is 5.63. The molecular weight excluding hydrogens is 428 g/mol. The first kappa shape index (κ1) is 21.6. The van der Waals surface area contributed by atoms with Crippen LogP contribution in [0, 0.1) is 0 Å². The average molecular weight is 451 g/mol. The van der Waals surface area contributed by atoms with Crippen LogP contribution in [0.25, 0.3) is 0 Å². The maximum absolute atomic E-state index is 12.1. The predicted molar refractivity (Wildman–Crippen MR) is 111 cm³/mol. The number of carbonyl (C=O) groups is 1. The molecule has 0 aromatic heterocycles. The first-order valence-corrected chi connectivity index (χ1v) is 9.34. The number of nitrogens with one attached hydrogen (secondary N) is 1. The highest BCUT2D eigenvalue weighted by Crippen LogP contribution is 2.36. The minimum Gasteiger partial charge on any atom is -0.493 e. The highest BCUT2D eigenvalue weighted by molar-refractivity contribution is 9.10. The zero-order valence-corrected chi connectivity index (χ0v) is 17.8. The van der Waals surface area contributed by atoms with E-state index in [-0.39, 0.29) is 12.3 Å². The molecular formula is C20H23BrN2O5. The molecule has 0 atom stereocenters. The van der Waals surface area contributed by atoms with Gasteiger partial charge in [0.2, 0.25) is 5.91 Å². The lowest BCUT2D eigenvalue weighted by Gasteiger charge is -2.12. The maximum atomic E-state index is 12.1. The van der Waals surface area contributed by atoms with Crippen LogP contribution in [0.15, 0.2) is 39.9 Å². The number of carbonyl (C=O) groups excluding carboxylic acids is 1. The van der Waals surface area contributed by atoms with Crippen LogP contribution >= 0.6 is 15.9 Å². The molecule has 2 rings (SSSR count). The molecule has 0 radical (unpaired) electrons. The van der Waals surface area contributed by atoms with E-state index < -0.39 is 0 Å². The fourth-order valence-electron chi connectivity index (χ4n) is 2.49. The topological polar surface area (TPSA) is 78.4 Å². The van der Waals surface area contributed by atoms with Crippen molar-refractivity contribution in [3.05, 3.63) is 45.9 Å². The number of ether oxygens (including phenoxy) is 4. The quantitative estimate of drug-likeness (QED) is 0.466. The van der Waals surface area contributed by atoms with Gasteiger partial charge < -0.3 is 18.9 Å². The van der Waals surface area contributed by atoms with Crippen LogP contribution in [0.3, 0.4) is 0 Å². The zero-order valence-electron chi connectivity index (χ0n) is 16.2. The summed E-state index contributed by atoms with van der Waals surface area (Å²) in [4.78, 5) is 12.1. The summed E-state index contributed by atoms with van der Waals surface area (Å²) in [5.74, 6) is 2.14. The monoisotopic (exact) mass is 450 g/mol. The van der Waals surface area contributed by atoms with Gasteiger partial charge in [-0.3, -0.25) is 4.79 Å². The molecule has 0 fully saturated rings. The lowest BCUT2D eigenvalue weighted by atomic mass is 10.1. The van der Waals surface area contributed by atoms with Gasteiger partial charge in [0, 0.05) is 0 Å². The molecule has 2 aromatic rings. The Morgan fingerprint density at radius 3 is 2.43 bits per heavy atom. The van der Waals surface area contributed by atoms with Gasteiger partial charge in [0.25, 0.3) is 0 Å². The van der Waals surface area contributed by atoms with Crippen LogP contribution in [-0.2, 0) is 11.2 Å². The third-order valence-electron chi connectivity index (χ3n) is 3.76. The molecule has 0 heterocycles. The van der Waals surface area contributed by atoms with Gasteiger partial charge in [-0.15, -0.1) is 0 Å². The van der Waals surface area contributed by atoms with Crippen LogP contribution in [0.5, 0.6) is 23.0 Å². The third kappa shape index (κ3) is 5.63. The molecule has 0 spiro atoms. The van der Waals surface area contributed by atoms with E-state index in [4.69, 9.17) is 18.9 Å². The summed E-state index contributed by atoms with van der Waals surface area (Å²) in [5, 5.41) is 4.01. The van der Waals surface area contributed by atoms with E-state index in [0.29, 0.717) is 29.6 Å². The number of methoxy groups -OCH3 is 3. The van der Waals surface area contributed by atoms with Crippen LogP contribution in [0.4, 0.5) is 0 Å². The molecule has 0 bridgehead atoms. The summed E-state index contributed by atoms with van der Waals surface area (Å²) in [6.45, 7) is 2.42. The SMILES string of the molecule is CCOc1c(Br)cc(/C=N/NC(=O)Cc2ccc(OC)c(OC)c2)cc1OC. The van der Waals surface area contributed by atoms with E-state index in [9.17, 15) is 4.79 Å². The Bertz CT molecular complexity index is 855. The molecule has 0 saturated carbocycles. The van der Waals surface area contributed by atoms with Crippen LogP contribution in [-0.4, -0.2) is 40.1 Å². The number of benzene rings is 2. The van der Waals surface area contributed by atoms with Crippen molar-refractivity contribution in [2.24, 2.45) is 5.10 Å². The Labute approximate surface area is 172 Å². The summed E-state index contributed by atoms with van der Waals surface area (Å²) in [5.41, 5.74) is 4.05. The fraction of sp³-hybridized carbons (Fsp3) is 0.300. The highest BCUT2D eigenvalue weighted by Gasteiger charge is 2.11. The lowest BCUT2D eigenvalue weighted by molar-refractivity contribution is -0.120. The van der Waals surface area contributed by atoms with Crippen LogP contribution in [0.1, 0.15) is 18.1 Å². The van der Waals surface area contributed by atoms with E-state index in [1.165, 1.54) is 6.21 Å². The number of hydrogen-bond donors (Lipinski definition) is 1. The second-order valence-corrected chi connectivity index (χ2v) is 6.48. The number of halogens is 1.